The van der Waals surface area contributed by atoms with Gasteiger partial charge in [-0.25, -0.2) is 4.98 Å². The number of hydrogen-bond donors (Lipinski definition) is 0. The summed E-state index contributed by atoms with van der Waals surface area (Å²) in [6.45, 7) is 1.45. The molecule has 1 aliphatic rings. The number of carbonyl (C=O) groups is 1. The molecule has 0 unspecified atom stereocenters. The molecule has 0 radical (unpaired) electrons. The highest BCUT2D eigenvalue weighted by atomic mass is 35.5. The number of nitrogens with zero attached hydrogens (tertiary/aromatic N) is 2. The van der Waals surface area contributed by atoms with Gasteiger partial charge < -0.3 is 9.64 Å². The van der Waals surface area contributed by atoms with E-state index in [2.05, 4.69) is 17.1 Å². The predicted octanol–water partition coefficient (Wildman–Crippen LogP) is 4.29. The Kier molecular flexibility index (Phi) is 6.59. The molecule has 25 heavy (non-hydrogen) atoms. The van der Waals surface area contributed by atoms with Crippen LogP contribution in [0, 0.1) is 0 Å². The summed E-state index contributed by atoms with van der Waals surface area (Å²) < 4.78 is 5.87. The van der Waals surface area contributed by atoms with Crippen molar-refractivity contribution in [1.82, 2.24) is 9.88 Å². The molecule has 1 aromatic carbocycles. The first-order valence-electron chi connectivity index (χ1n) is 8.45. The second kappa shape index (κ2) is 9.11. The Labute approximate surface area is 157 Å². The molecule has 6 heteroatoms. The van der Waals surface area contributed by atoms with Crippen LogP contribution in [0.25, 0.3) is 0 Å². The largest absolute Gasteiger partial charge is 0.473 e. The van der Waals surface area contributed by atoms with E-state index in [1.54, 1.807) is 30.1 Å². The van der Waals surface area contributed by atoms with Gasteiger partial charge in [0.2, 0.25) is 11.8 Å². The van der Waals surface area contributed by atoms with Crippen LogP contribution in [0.15, 0.2) is 53.6 Å². The van der Waals surface area contributed by atoms with Gasteiger partial charge in [-0.2, -0.15) is 0 Å². The number of carbonyl (C=O) groups excluding carboxylic acids is 1. The van der Waals surface area contributed by atoms with Gasteiger partial charge in [0.05, 0.1) is 0 Å². The summed E-state index contributed by atoms with van der Waals surface area (Å²) in [5.41, 5.74) is 0. The number of likely N-dealkylation sites (tertiary alicyclic amines) is 1. The molecule has 2 aromatic rings. The highest BCUT2D eigenvalue weighted by Crippen LogP contribution is 2.25. The Hall–Kier alpha value is -1.72. The molecule has 4 nitrogen and oxygen atoms in total. The fourth-order valence-electron chi connectivity index (χ4n) is 2.77. The van der Waals surface area contributed by atoms with E-state index in [-0.39, 0.29) is 12.0 Å². The van der Waals surface area contributed by atoms with Crippen molar-refractivity contribution in [3.8, 4) is 5.88 Å². The van der Waals surface area contributed by atoms with E-state index in [1.165, 1.54) is 4.90 Å². The molecule has 0 bridgehead atoms. The SMILES string of the molecule is O=C(CCSc1ccccc1)N1CCC(Oc2ncccc2Cl)CC1. The average Bonchev–Trinajstić information content (AvgIpc) is 2.65. The maximum atomic E-state index is 12.3. The number of pyridine rings is 1. The third kappa shape index (κ3) is 5.38. The monoisotopic (exact) mass is 376 g/mol. The van der Waals surface area contributed by atoms with E-state index < -0.39 is 0 Å². The lowest BCUT2D eigenvalue weighted by atomic mass is 10.1. The molecule has 132 valence electrons. The number of piperidine rings is 1. The van der Waals surface area contributed by atoms with Crippen molar-refractivity contribution in [3.63, 3.8) is 0 Å². The fraction of sp³-hybridized carbons (Fsp3) is 0.368. The van der Waals surface area contributed by atoms with Crippen LogP contribution in [0.5, 0.6) is 5.88 Å². The minimum Gasteiger partial charge on any atom is -0.473 e. The first kappa shape index (κ1) is 18.1. The predicted molar refractivity (Wildman–Crippen MR) is 101 cm³/mol. The Morgan fingerprint density at radius 3 is 2.68 bits per heavy atom. The zero-order chi connectivity index (χ0) is 17.5. The number of ether oxygens (including phenoxy) is 1. The Bertz CT molecular complexity index is 691. The van der Waals surface area contributed by atoms with Crippen LogP contribution in [-0.2, 0) is 4.79 Å². The third-order valence-corrected chi connectivity index (χ3v) is 5.43. The van der Waals surface area contributed by atoms with Gasteiger partial charge in [-0.05, 0) is 24.3 Å². The molecule has 1 saturated heterocycles. The van der Waals surface area contributed by atoms with Crippen molar-refractivity contribution in [2.45, 2.75) is 30.3 Å². The highest BCUT2D eigenvalue weighted by Gasteiger charge is 2.24. The summed E-state index contributed by atoms with van der Waals surface area (Å²) in [7, 11) is 0. The van der Waals surface area contributed by atoms with E-state index in [9.17, 15) is 4.79 Å². The molecule has 0 N–H and O–H groups in total. The summed E-state index contributed by atoms with van der Waals surface area (Å²) in [5.74, 6) is 1.51. The van der Waals surface area contributed by atoms with Crippen molar-refractivity contribution in [2.24, 2.45) is 0 Å². The summed E-state index contributed by atoms with van der Waals surface area (Å²) in [6.07, 6.45) is 3.92. The van der Waals surface area contributed by atoms with Gasteiger partial charge in [0.15, 0.2) is 0 Å². The molecule has 0 spiro atoms. The van der Waals surface area contributed by atoms with Crippen molar-refractivity contribution in [1.29, 1.82) is 0 Å². The van der Waals surface area contributed by atoms with Gasteiger partial charge in [0, 0.05) is 49.2 Å². The van der Waals surface area contributed by atoms with Crippen molar-refractivity contribution in [3.05, 3.63) is 53.7 Å². The minimum atomic E-state index is 0.0649. The van der Waals surface area contributed by atoms with Crippen LogP contribution < -0.4 is 4.74 Å². The summed E-state index contributed by atoms with van der Waals surface area (Å²) >= 11 is 7.80. The molecule has 1 aliphatic heterocycles. The number of aromatic nitrogens is 1. The van der Waals surface area contributed by atoms with Crippen LogP contribution >= 0.6 is 23.4 Å². The number of rotatable bonds is 6. The lowest BCUT2D eigenvalue weighted by Gasteiger charge is -2.32. The third-order valence-electron chi connectivity index (χ3n) is 4.13. The summed E-state index contributed by atoms with van der Waals surface area (Å²) in [6, 6.07) is 13.7. The first-order valence-corrected chi connectivity index (χ1v) is 9.81. The zero-order valence-electron chi connectivity index (χ0n) is 13.9. The molecule has 1 fully saturated rings. The lowest BCUT2D eigenvalue weighted by molar-refractivity contribution is -0.132. The molecule has 0 atom stereocenters. The van der Waals surface area contributed by atoms with Gasteiger partial charge in [-0.3, -0.25) is 4.79 Å². The van der Waals surface area contributed by atoms with Crippen LogP contribution in [0.4, 0.5) is 0 Å². The Morgan fingerprint density at radius 1 is 1.20 bits per heavy atom. The number of halogens is 1. The van der Waals surface area contributed by atoms with Crippen LogP contribution in [0.1, 0.15) is 19.3 Å². The Balaban J connectivity index is 1.39. The van der Waals surface area contributed by atoms with E-state index >= 15 is 0 Å². The molecular weight excluding hydrogens is 356 g/mol. The molecule has 0 saturated carbocycles. The Morgan fingerprint density at radius 2 is 1.96 bits per heavy atom. The second-order valence-corrected chi connectivity index (χ2v) is 7.48. The van der Waals surface area contributed by atoms with E-state index in [4.69, 9.17) is 16.3 Å². The average molecular weight is 377 g/mol. The highest BCUT2D eigenvalue weighted by molar-refractivity contribution is 7.99. The molecule has 0 aliphatic carbocycles. The number of thioether (sulfide) groups is 1. The minimum absolute atomic E-state index is 0.0649. The normalized spacial score (nSPS) is 15.2. The van der Waals surface area contributed by atoms with Crippen molar-refractivity contribution >= 4 is 29.3 Å². The maximum Gasteiger partial charge on any atom is 0.232 e. The van der Waals surface area contributed by atoms with Crippen LogP contribution in [0.3, 0.4) is 0 Å². The van der Waals surface area contributed by atoms with Gasteiger partial charge in [0.1, 0.15) is 11.1 Å². The molecule has 1 amide bonds. The van der Waals surface area contributed by atoms with Crippen LogP contribution in [-0.4, -0.2) is 40.7 Å². The van der Waals surface area contributed by atoms with E-state index in [0.717, 1.165) is 31.7 Å². The number of hydrogen-bond acceptors (Lipinski definition) is 4. The van der Waals surface area contributed by atoms with Gasteiger partial charge in [0.25, 0.3) is 0 Å². The molecule has 3 rings (SSSR count). The van der Waals surface area contributed by atoms with Gasteiger partial charge >= 0.3 is 0 Å². The molecule has 1 aromatic heterocycles. The lowest BCUT2D eigenvalue weighted by Crippen LogP contribution is -2.42. The second-order valence-electron chi connectivity index (χ2n) is 5.90. The zero-order valence-corrected chi connectivity index (χ0v) is 15.5. The quantitative estimate of drug-likeness (QED) is 0.705. The maximum absolute atomic E-state index is 12.3. The fourth-order valence-corrected chi connectivity index (χ4v) is 3.80. The van der Waals surface area contributed by atoms with Crippen molar-refractivity contribution in [2.75, 3.05) is 18.8 Å². The number of amides is 1. The molecule has 2 heterocycles. The van der Waals surface area contributed by atoms with E-state index in [0.29, 0.717) is 17.3 Å². The summed E-state index contributed by atoms with van der Waals surface area (Å²) in [4.78, 5) is 19.6. The van der Waals surface area contributed by atoms with Crippen molar-refractivity contribution < 1.29 is 9.53 Å². The topological polar surface area (TPSA) is 42.4 Å². The van der Waals surface area contributed by atoms with E-state index in [1.807, 2.05) is 23.1 Å². The molecular formula is C19H21ClN2O2S. The smallest absolute Gasteiger partial charge is 0.232 e. The first-order chi connectivity index (χ1) is 12.2. The van der Waals surface area contributed by atoms with Gasteiger partial charge in [-0.1, -0.05) is 29.8 Å². The van der Waals surface area contributed by atoms with Crippen LogP contribution in [0.2, 0.25) is 5.02 Å². The standard InChI is InChI=1S/C19H21ClN2O2S/c20-17-7-4-11-21-19(17)24-15-8-12-22(13-9-15)18(23)10-14-25-16-5-2-1-3-6-16/h1-7,11,15H,8-10,12-14H2. The number of benzene rings is 1. The van der Waals surface area contributed by atoms with Gasteiger partial charge in [-0.15, -0.1) is 11.8 Å². The summed E-state index contributed by atoms with van der Waals surface area (Å²) in [5, 5.41) is 0.527.